The van der Waals surface area contributed by atoms with Crippen molar-refractivity contribution in [1.82, 2.24) is 4.90 Å². The third-order valence-electron chi connectivity index (χ3n) is 2.70. The Labute approximate surface area is 111 Å². The van der Waals surface area contributed by atoms with Gasteiger partial charge in [0.25, 0.3) is 0 Å². The van der Waals surface area contributed by atoms with Crippen LogP contribution in [0, 0.1) is 0 Å². The first kappa shape index (κ1) is 14.8. The maximum absolute atomic E-state index is 11.8. The Bertz CT molecular complexity index is 474. The molecule has 2 amide bonds. The number of carboxylic acids is 1. The van der Waals surface area contributed by atoms with E-state index < -0.39 is 11.7 Å². The van der Waals surface area contributed by atoms with Crippen molar-refractivity contribution in [2.45, 2.75) is 19.8 Å². The van der Waals surface area contributed by atoms with Gasteiger partial charge in [0, 0.05) is 13.6 Å². The largest absolute Gasteiger partial charge is 0.505 e. The number of aromatic carboxylic acids is 1. The fraction of sp³-hybridized carbons (Fsp3) is 0.385. The van der Waals surface area contributed by atoms with Gasteiger partial charge >= 0.3 is 12.0 Å². The summed E-state index contributed by atoms with van der Waals surface area (Å²) in [6, 6.07) is 3.80. The second kappa shape index (κ2) is 6.63. The van der Waals surface area contributed by atoms with Gasteiger partial charge < -0.3 is 20.4 Å². The van der Waals surface area contributed by atoms with E-state index in [0.717, 1.165) is 12.8 Å². The number of amides is 2. The van der Waals surface area contributed by atoms with E-state index in [0.29, 0.717) is 6.54 Å². The molecule has 19 heavy (non-hydrogen) atoms. The summed E-state index contributed by atoms with van der Waals surface area (Å²) in [5.74, 6) is -1.68. The lowest BCUT2D eigenvalue weighted by Crippen LogP contribution is -2.32. The summed E-state index contributed by atoms with van der Waals surface area (Å²) in [4.78, 5) is 24.1. The van der Waals surface area contributed by atoms with Crippen LogP contribution in [0.5, 0.6) is 5.75 Å². The molecular formula is C13H18N2O4. The number of anilines is 1. The lowest BCUT2D eigenvalue weighted by molar-refractivity contribution is 0.0693. The lowest BCUT2D eigenvalue weighted by Gasteiger charge is -2.18. The van der Waals surface area contributed by atoms with E-state index in [1.165, 1.54) is 23.1 Å². The number of hydrogen-bond donors (Lipinski definition) is 3. The Morgan fingerprint density at radius 3 is 2.63 bits per heavy atom. The zero-order valence-corrected chi connectivity index (χ0v) is 11.0. The van der Waals surface area contributed by atoms with Gasteiger partial charge in [-0.25, -0.2) is 9.59 Å². The number of urea groups is 1. The van der Waals surface area contributed by atoms with Gasteiger partial charge in [0.15, 0.2) is 5.75 Å². The van der Waals surface area contributed by atoms with Gasteiger partial charge in [-0.3, -0.25) is 0 Å². The topological polar surface area (TPSA) is 89.9 Å². The molecule has 104 valence electrons. The zero-order valence-electron chi connectivity index (χ0n) is 11.0. The molecule has 0 saturated carbocycles. The Kier molecular flexibility index (Phi) is 5.17. The molecule has 1 aromatic rings. The predicted molar refractivity (Wildman–Crippen MR) is 71.6 cm³/mol. The maximum atomic E-state index is 11.8. The van der Waals surface area contributed by atoms with Gasteiger partial charge in [0.1, 0.15) is 5.56 Å². The van der Waals surface area contributed by atoms with Crippen molar-refractivity contribution in [1.29, 1.82) is 0 Å². The molecule has 0 aliphatic heterocycles. The minimum Gasteiger partial charge on any atom is -0.505 e. The molecule has 3 N–H and O–H groups in total. The zero-order chi connectivity index (χ0) is 14.4. The quantitative estimate of drug-likeness (QED) is 0.713. The highest BCUT2D eigenvalue weighted by Gasteiger charge is 2.15. The summed E-state index contributed by atoms with van der Waals surface area (Å²) in [5.41, 5.74) is -0.151. The summed E-state index contributed by atoms with van der Waals surface area (Å²) < 4.78 is 0. The number of para-hydroxylation sites is 1. The number of benzene rings is 1. The Balaban J connectivity index is 2.80. The SMILES string of the molecule is CCCCN(C)C(=O)Nc1cccc(C(=O)O)c1O. The van der Waals surface area contributed by atoms with Crippen LogP contribution in [0.3, 0.4) is 0 Å². The number of phenols is 1. The van der Waals surface area contributed by atoms with E-state index in [1.807, 2.05) is 6.92 Å². The molecule has 0 saturated heterocycles. The van der Waals surface area contributed by atoms with Crippen LogP contribution < -0.4 is 5.32 Å². The third-order valence-corrected chi connectivity index (χ3v) is 2.70. The van der Waals surface area contributed by atoms with Crippen LogP contribution in [-0.2, 0) is 0 Å². The molecule has 6 heteroatoms. The molecule has 0 heterocycles. The van der Waals surface area contributed by atoms with Crippen LogP contribution in [0.4, 0.5) is 10.5 Å². The maximum Gasteiger partial charge on any atom is 0.339 e. The average Bonchev–Trinajstić information content (AvgIpc) is 2.37. The van der Waals surface area contributed by atoms with Crippen molar-refractivity contribution >= 4 is 17.7 Å². The number of aromatic hydroxyl groups is 1. The van der Waals surface area contributed by atoms with E-state index >= 15 is 0 Å². The van der Waals surface area contributed by atoms with Crippen molar-refractivity contribution < 1.29 is 19.8 Å². The van der Waals surface area contributed by atoms with Gasteiger partial charge in [0.2, 0.25) is 0 Å². The van der Waals surface area contributed by atoms with Crippen LogP contribution in [0.15, 0.2) is 18.2 Å². The molecule has 0 unspecified atom stereocenters. The summed E-state index contributed by atoms with van der Waals surface area (Å²) in [7, 11) is 1.64. The Morgan fingerprint density at radius 2 is 2.05 bits per heavy atom. The van der Waals surface area contributed by atoms with Crippen LogP contribution in [0.1, 0.15) is 30.1 Å². The number of hydrogen-bond acceptors (Lipinski definition) is 3. The molecule has 6 nitrogen and oxygen atoms in total. The van der Waals surface area contributed by atoms with Crippen LogP contribution >= 0.6 is 0 Å². The standard InChI is InChI=1S/C13H18N2O4/c1-3-4-8-15(2)13(19)14-10-7-5-6-9(11(10)16)12(17)18/h5-7,16H,3-4,8H2,1-2H3,(H,14,19)(H,17,18). The van der Waals surface area contributed by atoms with E-state index in [9.17, 15) is 14.7 Å². The summed E-state index contributed by atoms with van der Waals surface area (Å²) in [6.45, 7) is 2.62. The molecule has 0 aromatic heterocycles. The molecule has 0 fully saturated rings. The molecule has 0 atom stereocenters. The van der Waals surface area contributed by atoms with Crippen LogP contribution in [0.2, 0.25) is 0 Å². The second-order valence-electron chi connectivity index (χ2n) is 4.21. The molecule has 0 spiro atoms. The second-order valence-corrected chi connectivity index (χ2v) is 4.21. The number of carbonyl (C=O) groups is 2. The fourth-order valence-corrected chi connectivity index (χ4v) is 1.52. The van der Waals surface area contributed by atoms with Crippen LogP contribution in [-0.4, -0.2) is 40.7 Å². The van der Waals surface area contributed by atoms with E-state index in [-0.39, 0.29) is 17.3 Å². The Morgan fingerprint density at radius 1 is 1.37 bits per heavy atom. The lowest BCUT2D eigenvalue weighted by atomic mass is 10.1. The summed E-state index contributed by atoms with van der Waals surface area (Å²) in [6.07, 6.45) is 1.85. The van der Waals surface area contributed by atoms with Crippen LogP contribution in [0.25, 0.3) is 0 Å². The van der Waals surface area contributed by atoms with Gasteiger partial charge in [0.05, 0.1) is 5.69 Å². The first-order valence-electron chi connectivity index (χ1n) is 6.04. The minimum atomic E-state index is -1.24. The summed E-state index contributed by atoms with van der Waals surface area (Å²) >= 11 is 0. The molecule has 0 bridgehead atoms. The number of unbranched alkanes of at least 4 members (excludes halogenated alkanes) is 1. The normalized spacial score (nSPS) is 10.0. The average molecular weight is 266 g/mol. The number of nitrogens with zero attached hydrogens (tertiary/aromatic N) is 1. The number of rotatable bonds is 5. The molecule has 1 rings (SSSR count). The van der Waals surface area contributed by atoms with Gasteiger partial charge in [-0.15, -0.1) is 0 Å². The molecule has 0 aliphatic carbocycles. The number of carboxylic acid groups (broad SMARTS) is 1. The minimum absolute atomic E-state index is 0.0910. The van der Waals surface area contributed by atoms with Crippen molar-refractivity contribution in [3.8, 4) is 5.75 Å². The Hall–Kier alpha value is -2.24. The summed E-state index contributed by atoms with van der Waals surface area (Å²) in [5, 5.41) is 21.1. The van der Waals surface area contributed by atoms with Gasteiger partial charge in [-0.2, -0.15) is 0 Å². The molecule has 1 aromatic carbocycles. The number of nitrogens with one attached hydrogen (secondary N) is 1. The van der Waals surface area contributed by atoms with E-state index in [1.54, 1.807) is 7.05 Å². The molecule has 0 aliphatic rings. The number of carbonyl (C=O) groups excluding carboxylic acids is 1. The van der Waals surface area contributed by atoms with Gasteiger partial charge in [-0.05, 0) is 18.6 Å². The first-order chi connectivity index (χ1) is 8.97. The van der Waals surface area contributed by atoms with Crippen molar-refractivity contribution in [2.24, 2.45) is 0 Å². The van der Waals surface area contributed by atoms with Crippen molar-refractivity contribution in [2.75, 3.05) is 18.9 Å². The van der Waals surface area contributed by atoms with Gasteiger partial charge in [-0.1, -0.05) is 19.4 Å². The monoisotopic (exact) mass is 266 g/mol. The third kappa shape index (κ3) is 3.87. The van der Waals surface area contributed by atoms with Crippen molar-refractivity contribution in [3.63, 3.8) is 0 Å². The highest BCUT2D eigenvalue weighted by atomic mass is 16.4. The molecule has 0 radical (unpaired) electrons. The van der Waals surface area contributed by atoms with E-state index in [2.05, 4.69) is 5.32 Å². The highest BCUT2D eigenvalue weighted by Crippen LogP contribution is 2.27. The fourth-order valence-electron chi connectivity index (χ4n) is 1.52. The van der Waals surface area contributed by atoms with Crippen molar-refractivity contribution in [3.05, 3.63) is 23.8 Å². The smallest absolute Gasteiger partial charge is 0.339 e. The predicted octanol–water partition coefficient (Wildman–Crippen LogP) is 2.35. The highest BCUT2D eigenvalue weighted by molar-refractivity contribution is 5.97. The molecular weight excluding hydrogens is 248 g/mol. The first-order valence-corrected chi connectivity index (χ1v) is 6.04. The van der Waals surface area contributed by atoms with E-state index in [4.69, 9.17) is 5.11 Å².